The maximum Gasteiger partial charge on any atom is 0.134 e. The van der Waals surface area contributed by atoms with Gasteiger partial charge in [0.1, 0.15) is 23.0 Å². The first-order chi connectivity index (χ1) is 9.59. The van der Waals surface area contributed by atoms with Crippen LogP contribution in [-0.2, 0) is 0 Å². The maximum atomic E-state index is 10.4. The molecule has 1 aromatic carbocycles. The van der Waals surface area contributed by atoms with Crippen molar-refractivity contribution in [2.45, 2.75) is 6.42 Å². The van der Waals surface area contributed by atoms with Gasteiger partial charge in [0.15, 0.2) is 0 Å². The fraction of sp³-hybridized carbons (Fsp3) is 0.125. The highest BCUT2D eigenvalue weighted by Gasteiger charge is 2.21. The van der Waals surface area contributed by atoms with Gasteiger partial charge in [0.05, 0.1) is 10.4 Å². The number of benzene rings is 1. The first kappa shape index (κ1) is 12.4. The van der Waals surface area contributed by atoms with Gasteiger partial charge in [-0.3, -0.25) is 0 Å². The van der Waals surface area contributed by atoms with Crippen LogP contribution in [0.2, 0.25) is 0 Å². The Bertz CT molecular complexity index is 781. The molecule has 1 atom stereocenters. The van der Waals surface area contributed by atoms with Crippen LogP contribution in [-0.4, -0.2) is 20.4 Å². The quantitative estimate of drug-likeness (QED) is 0.539. The number of phenols is 2. The number of aromatic hydroxyl groups is 2. The Kier molecular flexibility index (Phi) is 2.79. The first-order valence-electron chi connectivity index (χ1n) is 6.32. The van der Waals surface area contributed by atoms with Gasteiger partial charge >= 0.3 is 0 Å². The Hall–Kier alpha value is -2.62. The maximum absolute atomic E-state index is 10.4. The van der Waals surface area contributed by atoms with Crippen molar-refractivity contribution in [3.05, 3.63) is 58.5 Å². The molecule has 0 fully saturated rings. The lowest BCUT2D eigenvalue weighted by Crippen LogP contribution is -2.30. The minimum Gasteiger partial charge on any atom is -0.511 e. The molecule has 0 saturated heterocycles. The third-order valence-electron chi connectivity index (χ3n) is 3.57. The summed E-state index contributed by atoms with van der Waals surface area (Å²) in [4.78, 5) is 0. The molecule has 1 unspecified atom stereocenters. The predicted octanol–water partition coefficient (Wildman–Crippen LogP) is 1.50. The fourth-order valence-corrected chi connectivity index (χ4v) is 2.56. The van der Waals surface area contributed by atoms with E-state index in [1.165, 1.54) is 12.1 Å². The standard InChI is InChI=1S/C16H14O4/c17-11-6-7-12(18)14-13(11)15(19)9-4-2-1-3-5-10(8-9)16(14)20/h1-4,6-8,10,17-20H,5H2/b3-1-,4-2-. The van der Waals surface area contributed by atoms with Crippen LogP contribution < -0.4 is 10.4 Å². The molecule has 0 spiro atoms. The Morgan fingerprint density at radius 3 is 2.35 bits per heavy atom. The normalized spacial score (nSPS) is 24.0. The van der Waals surface area contributed by atoms with E-state index in [-0.39, 0.29) is 39.4 Å². The van der Waals surface area contributed by atoms with Crippen molar-refractivity contribution in [3.63, 3.8) is 0 Å². The summed E-state index contributed by atoms with van der Waals surface area (Å²) < 4.78 is 0. The highest BCUT2D eigenvalue weighted by Crippen LogP contribution is 2.26. The summed E-state index contributed by atoms with van der Waals surface area (Å²) >= 11 is 0. The van der Waals surface area contributed by atoms with Crippen molar-refractivity contribution in [3.8, 4) is 11.5 Å². The molecule has 2 aliphatic rings. The summed E-state index contributed by atoms with van der Waals surface area (Å²) in [6, 6.07) is 2.59. The fourth-order valence-electron chi connectivity index (χ4n) is 2.56. The monoisotopic (exact) mass is 270 g/mol. The Labute approximate surface area is 115 Å². The summed E-state index contributed by atoms with van der Waals surface area (Å²) in [5.41, 5.74) is 0.505. The van der Waals surface area contributed by atoms with Gasteiger partial charge in [0.25, 0.3) is 0 Å². The van der Waals surface area contributed by atoms with E-state index in [0.29, 0.717) is 12.0 Å². The zero-order valence-electron chi connectivity index (χ0n) is 10.6. The number of aliphatic hydroxyl groups is 2. The van der Waals surface area contributed by atoms with Crippen LogP contribution in [0.4, 0.5) is 0 Å². The van der Waals surface area contributed by atoms with Crippen molar-refractivity contribution in [2.24, 2.45) is 5.92 Å². The van der Waals surface area contributed by atoms with Gasteiger partial charge in [-0.15, -0.1) is 0 Å². The van der Waals surface area contributed by atoms with Gasteiger partial charge in [-0.2, -0.15) is 0 Å². The van der Waals surface area contributed by atoms with E-state index < -0.39 is 0 Å². The molecule has 0 aliphatic heterocycles. The molecule has 0 heterocycles. The highest BCUT2D eigenvalue weighted by atomic mass is 16.3. The molecule has 4 heteroatoms. The van der Waals surface area contributed by atoms with E-state index in [1.54, 1.807) is 18.2 Å². The third-order valence-corrected chi connectivity index (χ3v) is 3.57. The Balaban J connectivity index is 2.51. The van der Waals surface area contributed by atoms with Crippen LogP contribution in [0.5, 0.6) is 11.5 Å². The van der Waals surface area contributed by atoms with E-state index in [1.807, 2.05) is 12.2 Å². The lowest BCUT2D eigenvalue weighted by Gasteiger charge is -2.11. The summed E-state index contributed by atoms with van der Waals surface area (Å²) in [6.07, 6.45) is 9.47. The van der Waals surface area contributed by atoms with Gasteiger partial charge in [0, 0.05) is 11.5 Å². The van der Waals surface area contributed by atoms with Gasteiger partial charge in [-0.25, -0.2) is 0 Å². The molecule has 2 aliphatic carbocycles. The van der Waals surface area contributed by atoms with Gasteiger partial charge < -0.3 is 20.4 Å². The molecule has 0 aromatic heterocycles. The van der Waals surface area contributed by atoms with Crippen LogP contribution in [0.25, 0.3) is 11.5 Å². The molecule has 1 aromatic rings. The van der Waals surface area contributed by atoms with E-state index in [4.69, 9.17) is 0 Å². The second kappa shape index (κ2) is 4.49. The third kappa shape index (κ3) is 1.77. The molecule has 2 bridgehead atoms. The second-order valence-corrected chi connectivity index (χ2v) is 4.84. The molecule has 0 radical (unpaired) electrons. The molecule has 20 heavy (non-hydrogen) atoms. The molecular formula is C16H14O4. The van der Waals surface area contributed by atoms with Gasteiger partial charge in [0.2, 0.25) is 0 Å². The average Bonchev–Trinajstić information content (AvgIpc) is 2.50. The number of phenolic OH excluding ortho intramolecular Hbond substituents is 2. The van der Waals surface area contributed by atoms with E-state index in [2.05, 4.69) is 0 Å². The number of hydrogen-bond acceptors (Lipinski definition) is 4. The van der Waals surface area contributed by atoms with Gasteiger partial charge in [-0.1, -0.05) is 30.4 Å². The number of allylic oxidation sites excluding steroid dienone is 3. The summed E-state index contributed by atoms with van der Waals surface area (Å²) in [5, 5.41) is 40.9. The van der Waals surface area contributed by atoms with E-state index in [0.717, 1.165) is 0 Å². The number of aliphatic hydroxyl groups excluding tert-OH is 2. The van der Waals surface area contributed by atoms with Crippen LogP contribution in [0, 0.1) is 5.92 Å². The second-order valence-electron chi connectivity index (χ2n) is 4.84. The summed E-state index contributed by atoms with van der Waals surface area (Å²) in [7, 11) is 0. The van der Waals surface area contributed by atoms with Gasteiger partial charge in [-0.05, 0) is 18.6 Å². The summed E-state index contributed by atoms with van der Waals surface area (Å²) in [5.74, 6) is -0.936. The minimum absolute atomic E-state index is 0.0581. The highest BCUT2D eigenvalue weighted by molar-refractivity contribution is 5.69. The summed E-state index contributed by atoms with van der Waals surface area (Å²) in [6.45, 7) is 0. The van der Waals surface area contributed by atoms with Crippen molar-refractivity contribution >= 4 is 11.5 Å². The zero-order chi connectivity index (χ0) is 14.3. The van der Waals surface area contributed by atoms with E-state index >= 15 is 0 Å². The molecule has 102 valence electrons. The van der Waals surface area contributed by atoms with Crippen molar-refractivity contribution < 1.29 is 20.4 Å². The van der Waals surface area contributed by atoms with Crippen molar-refractivity contribution in [1.82, 2.24) is 0 Å². The number of fused-ring (bicyclic) bond motifs is 2. The van der Waals surface area contributed by atoms with Crippen LogP contribution >= 0.6 is 0 Å². The molecule has 0 saturated carbocycles. The minimum atomic E-state index is -0.359. The molecule has 4 nitrogen and oxygen atoms in total. The molecular weight excluding hydrogens is 256 g/mol. The number of rotatable bonds is 0. The molecule has 3 rings (SSSR count). The first-order valence-corrected chi connectivity index (χ1v) is 6.32. The van der Waals surface area contributed by atoms with Crippen LogP contribution in [0.3, 0.4) is 0 Å². The topological polar surface area (TPSA) is 80.9 Å². The van der Waals surface area contributed by atoms with Crippen LogP contribution in [0.1, 0.15) is 6.42 Å². The number of hydrogen-bond donors (Lipinski definition) is 4. The molecule has 0 amide bonds. The Morgan fingerprint density at radius 2 is 1.60 bits per heavy atom. The largest absolute Gasteiger partial charge is 0.511 e. The van der Waals surface area contributed by atoms with Crippen molar-refractivity contribution in [1.29, 1.82) is 0 Å². The molecule has 4 N–H and O–H groups in total. The predicted molar refractivity (Wildman–Crippen MR) is 75.6 cm³/mol. The van der Waals surface area contributed by atoms with E-state index in [9.17, 15) is 20.4 Å². The van der Waals surface area contributed by atoms with Crippen LogP contribution in [0.15, 0.2) is 48.1 Å². The van der Waals surface area contributed by atoms with Crippen molar-refractivity contribution in [2.75, 3.05) is 0 Å². The average molecular weight is 270 g/mol. The Morgan fingerprint density at radius 1 is 0.900 bits per heavy atom. The SMILES string of the molecule is OC1=c2c(O)ccc(O)c2=C(O)C2C=C1/C=C\C=C/C2. The zero-order valence-corrected chi connectivity index (χ0v) is 10.6. The smallest absolute Gasteiger partial charge is 0.134 e. The lowest BCUT2D eigenvalue weighted by atomic mass is 9.97. The lowest BCUT2D eigenvalue weighted by molar-refractivity contribution is 0.426.